The molecule has 0 aliphatic heterocycles. The maximum atomic E-state index is 13.0. The van der Waals surface area contributed by atoms with Crippen molar-refractivity contribution in [1.29, 1.82) is 0 Å². The van der Waals surface area contributed by atoms with Crippen molar-refractivity contribution in [3.63, 3.8) is 0 Å². The number of amides is 1. The highest BCUT2D eigenvalue weighted by molar-refractivity contribution is 7.99. The largest absolute Gasteiger partial charge is 0.416 e. The lowest BCUT2D eigenvalue weighted by atomic mass is 10.1. The summed E-state index contributed by atoms with van der Waals surface area (Å²) < 4.78 is 40.2. The molecule has 1 N–H and O–H groups in total. The number of benzene rings is 3. The van der Waals surface area contributed by atoms with Crippen molar-refractivity contribution in [2.75, 3.05) is 5.32 Å². The first-order valence-corrected chi connectivity index (χ1v) is 11.0. The van der Waals surface area contributed by atoms with Crippen LogP contribution in [0.1, 0.15) is 5.56 Å². The molecule has 1 amide bonds. The molecule has 10 heteroatoms. The van der Waals surface area contributed by atoms with E-state index < -0.39 is 17.8 Å². The van der Waals surface area contributed by atoms with Crippen LogP contribution in [0.25, 0.3) is 11.3 Å². The second kappa shape index (κ2) is 9.51. The van der Waals surface area contributed by atoms with Gasteiger partial charge in [0.2, 0.25) is 0 Å². The van der Waals surface area contributed by atoms with Gasteiger partial charge in [-0.2, -0.15) is 23.0 Å². The minimum absolute atomic E-state index is 0.000662. The SMILES string of the molecule is O=C(Nc1cccc(C(F)(F)F)c1)n1ncc(Sc2ccc(Cl)cc2)c1-c1ccc(Cl)cc1. The maximum Gasteiger partial charge on any atom is 0.416 e. The van der Waals surface area contributed by atoms with Crippen LogP contribution in [0.5, 0.6) is 0 Å². The van der Waals surface area contributed by atoms with Gasteiger partial charge in [0.05, 0.1) is 22.3 Å². The van der Waals surface area contributed by atoms with Gasteiger partial charge in [0.15, 0.2) is 0 Å². The number of rotatable bonds is 4. The maximum absolute atomic E-state index is 13.0. The smallest absolute Gasteiger partial charge is 0.306 e. The zero-order chi connectivity index (χ0) is 23.6. The summed E-state index contributed by atoms with van der Waals surface area (Å²) >= 11 is 13.3. The Labute approximate surface area is 201 Å². The van der Waals surface area contributed by atoms with Crippen LogP contribution in [-0.2, 0) is 6.18 Å². The summed E-state index contributed by atoms with van der Waals surface area (Å²) in [7, 11) is 0. The molecule has 0 bridgehead atoms. The Kier molecular flexibility index (Phi) is 6.69. The predicted molar refractivity (Wildman–Crippen MR) is 124 cm³/mol. The molecule has 0 atom stereocenters. The van der Waals surface area contributed by atoms with E-state index in [2.05, 4.69) is 10.4 Å². The van der Waals surface area contributed by atoms with Crippen LogP contribution in [0, 0.1) is 0 Å². The number of aromatic nitrogens is 2. The minimum Gasteiger partial charge on any atom is -0.306 e. The van der Waals surface area contributed by atoms with Crippen LogP contribution >= 0.6 is 35.0 Å². The zero-order valence-corrected chi connectivity index (χ0v) is 18.9. The van der Waals surface area contributed by atoms with E-state index in [-0.39, 0.29) is 5.69 Å². The topological polar surface area (TPSA) is 46.9 Å². The Hall–Kier alpha value is -2.94. The van der Waals surface area contributed by atoms with E-state index in [9.17, 15) is 18.0 Å². The van der Waals surface area contributed by atoms with Gasteiger partial charge in [-0.25, -0.2) is 4.79 Å². The molecule has 0 spiro atoms. The molecule has 0 radical (unpaired) electrons. The summed E-state index contributed by atoms with van der Waals surface area (Å²) in [6.07, 6.45) is -3.00. The number of alkyl halides is 3. The molecule has 4 nitrogen and oxygen atoms in total. The number of carbonyl (C=O) groups excluding carboxylic acids is 1. The summed E-state index contributed by atoms with van der Waals surface area (Å²) in [5.41, 5.74) is 0.264. The molecule has 1 aromatic heterocycles. The molecular formula is C23H14Cl2F3N3OS. The molecule has 3 aromatic carbocycles. The van der Waals surface area contributed by atoms with Crippen molar-refractivity contribution in [3.05, 3.63) is 94.6 Å². The van der Waals surface area contributed by atoms with Crippen LogP contribution in [0.15, 0.2) is 88.8 Å². The van der Waals surface area contributed by atoms with Crippen LogP contribution in [0.4, 0.5) is 23.7 Å². The Morgan fingerprint density at radius 1 is 0.939 bits per heavy atom. The summed E-state index contributed by atoms with van der Waals surface area (Å²) in [5.74, 6) is 0. The monoisotopic (exact) mass is 507 g/mol. The Morgan fingerprint density at radius 2 is 1.58 bits per heavy atom. The summed E-state index contributed by atoms with van der Waals surface area (Å²) in [5, 5.41) is 7.79. The van der Waals surface area contributed by atoms with Gasteiger partial charge in [0.25, 0.3) is 0 Å². The van der Waals surface area contributed by atoms with Crippen molar-refractivity contribution in [1.82, 2.24) is 9.78 Å². The van der Waals surface area contributed by atoms with E-state index in [4.69, 9.17) is 23.2 Å². The van der Waals surface area contributed by atoms with E-state index >= 15 is 0 Å². The third-order valence-electron chi connectivity index (χ3n) is 4.53. The molecule has 4 rings (SSSR count). The second-order valence-corrected chi connectivity index (χ2v) is 8.83. The molecule has 168 valence electrons. The minimum atomic E-state index is -4.52. The first kappa shape index (κ1) is 23.2. The first-order valence-electron chi connectivity index (χ1n) is 9.47. The highest BCUT2D eigenvalue weighted by Gasteiger charge is 2.30. The van der Waals surface area contributed by atoms with Crippen molar-refractivity contribution in [3.8, 4) is 11.3 Å². The van der Waals surface area contributed by atoms with E-state index in [1.165, 1.54) is 30.1 Å². The third kappa shape index (κ3) is 5.52. The first-order chi connectivity index (χ1) is 15.7. The fourth-order valence-electron chi connectivity index (χ4n) is 3.01. The molecule has 0 aliphatic carbocycles. The summed E-state index contributed by atoms with van der Waals surface area (Å²) in [4.78, 5) is 14.5. The molecular weight excluding hydrogens is 494 g/mol. The van der Waals surface area contributed by atoms with E-state index in [0.717, 1.165) is 21.7 Å². The van der Waals surface area contributed by atoms with Crippen molar-refractivity contribution < 1.29 is 18.0 Å². The molecule has 33 heavy (non-hydrogen) atoms. The van der Waals surface area contributed by atoms with E-state index in [1.54, 1.807) is 36.4 Å². The van der Waals surface area contributed by atoms with Crippen molar-refractivity contribution in [2.24, 2.45) is 0 Å². The second-order valence-electron chi connectivity index (χ2n) is 6.84. The van der Waals surface area contributed by atoms with Gasteiger partial charge in [0, 0.05) is 26.2 Å². The Balaban J connectivity index is 1.70. The molecule has 0 saturated carbocycles. The molecule has 0 fully saturated rings. The van der Waals surface area contributed by atoms with E-state index in [1.807, 2.05) is 12.1 Å². The van der Waals surface area contributed by atoms with Crippen LogP contribution < -0.4 is 5.32 Å². The zero-order valence-electron chi connectivity index (χ0n) is 16.6. The number of anilines is 1. The van der Waals surface area contributed by atoms with Crippen LogP contribution in [-0.4, -0.2) is 15.8 Å². The average molecular weight is 508 g/mol. The van der Waals surface area contributed by atoms with Crippen LogP contribution in [0.2, 0.25) is 10.0 Å². The molecule has 4 aromatic rings. The van der Waals surface area contributed by atoms with Gasteiger partial charge in [-0.05, 0) is 54.6 Å². The van der Waals surface area contributed by atoms with Crippen LogP contribution in [0.3, 0.4) is 0 Å². The molecule has 0 saturated heterocycles. The fraction of sp³-hybridized carbons (Fsp3) is 0.0435. The highest BCUT2D eigenvalue weighted by Crippen LogP contribution is 2.37. The quantitative estimate of drug-likeness (QED) is 0.303. The normalized spacial score (nSPS) is 11.4. The fourth-order valence-corrected chi connectivity index (χ4v) is 4.19. The lowest BCUT2D eigenvalue weighted by Gasteiger charge is -2.12. The average Bonchev–Trinajstić information content (AvgIpc) is 3.19. The number of nitrogens with zero attached hydrogens (tertiary/aromatic N) is 2. The van der Waals surface area contributed by atoms with Gasteiger partial charge in [-0.3, -0.25) is 0 Å². The standard InChI is InChI=1S/C23H14Cl2F3N3OS/c24-16-6-4-14(5-7-16)21-20(33-19-10-8-17(25)9-11-19)13-29-31(21)22(32)30-18-3-1-2-15(12-18)23(26,27)28/h1-13H,(H,30,32). The number of hydrogen-bond acceptors (Lipinski definition) is 3. The lowest BCUT2D eigenvalue weighted by molar-refractivity contribution is -0.137. The third-order valence-corrected chi connectivity index (χ3v) is 6.06. The number of halogens is 5. The predicted octanol–water partition coefficient (Wildman–Crippen LogP) is 8.11. The highest BCUT2D eigenvalue weighted by atomic mass is 35.5. The molecule has 1 heterocycles. The molecule has 0 unspecified atom stereocenters. The summed E-state index contributed by atoms with van der Waals surface area (Å²) in [6.45, 7) is 0. The summed E-state index contributed by atoms with van der Waals surface area (Å²) in [6, 6.07) is 17.7. The molecule has 0 aliphatic rings. The van der Waals surface area contributed by atoms with Gasteiger partial charge in [0.1, 0.15) is 0 Å². The van der Waals surface area contributed by atoms with Crippen molar-refractivity contribution >= 4 is 46.7 Å². The number of hydrogen-bond donors (Lipinski definition) is 1. The number of nitrogens with one attached hydrogen (secondary N) is 1. The van der Waals surface area contributed by atoms with Gasteiger partial charge < -0.3 is 5.32 Å². The number of carbonyl (C=O) groups is 1. The van der Waals surface area contributed by atoms with Gasteiger partial charge in [-0.15, -0.1) is 0 Å². The Morgan fingerprint density at radius 3 is 2.21 bits per heavy atom. The van der Waals surface area contributed by atoms with Gasteiger partial charge >= 0.3 is 12.2 Å². The van der Waals surface area contributed by atoms with E-state index in [0.29, 0.717) is 26.2 Å². The van der Waals surface area contributed by atoms with Crippen molar-refractivity contribution in [2.45, 2.75) is 16.0 Å². The Bertz CT molecular complexity index is 1290. The lowest BCUT2D eigenvalue weighted by Crippen LogP contribution is -2.22. The van der Waals surface area contributed by atoms with Gasteiger partial charge in [-0.1, -0.05) is 53.2 Å².